The fraction of sp³-hybridized carbons (Fsp3) is 0.125. The number of carbonyl (C=O) groups is 1. The minimum Gasteiger partial charge on any atom is -0.508 e. The molecular formula is C8H7BO2. The Hall–Kier alpha value is -1.25. The molecule has 1 rings (SSSR count). The van der Waals surface area contributed by atoms with E-state index < -0.39 is 0 Å². The molecule has 0 aliphatic rings. The van der Waals surface area contributed by atoms with E-state index in [1.165, 1.54) is 12.1 Å². The van der Waals surface area contributed by atoms with Gasteiger partial charge in [-0.05, 0) is 18.5 Å². The largest absolute Gasteiger partial charge is 0.508 e. The Labute approximate surface area is 66.3 Å². The minimum atomic E-state index is -0.166. The lowest BCUT2D eigenvalue weighted by Gasteiger charge is -1.96. The number of ketones is 1. The standard InChI is InChI=1S/C8H7BO2/c9-5-8(11)6-2-1-3-7(10)4-6/h1-4,10H,5H2. The molecule has 0 amide bonds. The number of carbonyl (C=O) groups excluding carboxylic acids is 1. The Kier molecular flexibility index (Phi) is 2.31. The van der Waals surface area contributed by atoms with Crippen LogP contribution in [0, 0.1) is 0 Å². The predicted octanol–water partition coefficient (Wildman–Crippen LogP) is 1.16. The first kappa shape index (κ1) is 7.86. The van der Waals surface area contributed by atoms with Gasteiger partial charge in [-0.25, -0.2) is 0 Å². The van der Waals surface area contributed by atoms with E-state index in [0.717, 1.165) is 0 Å². The van der Waals surface area contributed by atoms with Crippen molar-refractivity contribution in [3.8, 4) is 5.75 Å². The van der Waals surface area contributed by atoms with Crippen LogP contribution in [0.2, 0.25) is 6.32 Å². The first-order valence-corrected chi connectivity index (χ1v) is 3.26. The van der Waals surface area contributed by atoms with E-state index >= 15 is 0 Å². The van der Waals surface area contributed by atoms with E-state index in [9.17, 15) is 4.79 Å². The number of benzene rings is 1. The number of hydrogen-bond acceptors (Lipinski definition) is 2. The van der Waals surface area contributed by atoms with Gasteiger partial charge in [0, 0.05) is 5.56 Å². The van der Waals surface area contributed by atoms with Gasteiger partial charge >= 0.3 is 0 Å². The lowest BCUT2D eigenvalue weighted by Crippen LogP contribution is -1.96. The van der Waals surface area contributed by atoms with E-state index in [0.29, 0.717) is 5.56 Å². The zero-order valence-corrected chi connectivity index (χ0v) is 5.95. The van der Waals surface area contributed by atoms with Crippen LogP contribution in [0.25, 0.3) is 0 Å². The molecule has 11 heavy (non-hydrogen) atoms. The molecule has 0 heterocycles. The van der Waals surface area contributed by atoms with Crippen LogP contribution in [0.5, 0.6) is 5.75 Å². The molecular weight excluding hydrogens is 139 g/mol. The Morgan fingerprint density at radius 1 is 1.55 bits per heavy atom. The van der Waals surface area contributed by atoms with Crippen LogP contribution in [0.1, 0.15) is 10.4 Å². The molecule has 1 aromatic rings. The highest BCUT2D eigenvalue weighted by atomic mass is 16.3. The molecule has 0 spiro atoms. The Bertz CT molecular complexity index is 271. The highest BCUT2D eigenvalue weighted by Crippen LogP contribution is 2.11. The lowest BCUT2D eigenvalue weighted by molar-refractivity contribution is 0.101. The number of rotatable bonds is 2. The quantitative estimate of drug-likeness (QED) is 0.502. The highest BCUT2D eigenvalue weighted by Gasteiger charge is 2.01. The van der Waals surface area contributed by atoms with Crippen LogP contribution in [-0.4, -0.2) is 18.7 Å². The molecule has 2 nitrogen and oxygen atoms in total. The first-order chi connectivity index (χ1) is 5.24. The van der Waals surface area contributed by atoms with Gasteiger partial charge in [0.1, 0.15) is 5.75 Å². The number of phenolic OH excluding ortho intramolecular Hbond substituents is 1. The van der Waals surface area contributed by atoms with Gasteiger partial charge in [-0.15, -0.1) is 0 Å². The molecule has 0 fully saturated rings. The summed E-state index contributed by atoms with van der Waals surface area (Å²) in [4.78, 5) is 10.9. The van der Waals surface area contributed by atoms with Crippen LogP contribution < -0.4 is 0 Å². The van der Waals surface area contributed by atoms with Crippen molar-refractivity contribution < 1.29 is 9.90 Å². The average Bonchev–Trinajstić information content (AvgIpc) is 2.03. The first-order valence-electron chi connectivity index (χ1n) is 3.26. The number of phenols is 1. The second-order valence-corrected chi connectivity index (χ2v) is 2.18. The topological polar surface area (TPSA) is 37.3 Å². The van der Waals surface area contributed by atoms with Crippen LogP contribution in [0.3, 0.4) is 0 Å². The summed E-state index contributed by atoms with van der Waals surface area (Å²) >= 11 is 0. The van der Waals surface area contributed by atoms with Gasteiger partial charge in [0.05, 0.1) is 7.85 Å². The number of hydrogen-bond donors (Lipinski definition) is 1. The van der Waals surface area contributed by atoms with Gasteiger partial charge in [0.2, 0.25) is 0 Å². The molecule has 0 saturated carbocycles. The molecule has 1 aromatic carbocycles. The van der Waals surface area contributed by atoms with E-state index in [2.05, 4.69) is 0 Å². The maximum atomic E-state index is 10.9. The third-order valence-corrected chi connectivity index (χ3v) is 1.35. The Balaban J connectivity index is 2.96. The third-order valence-electron chi connectivity index (χ3n) is 1.35. The molecule has 0 atom stereocenters. The van der Waals surface area contributed by atoms with Crippen LogP contribution in [-0.2, 0) is 0 Å². The SMILES string of the molecule is [B]CC(=O)c1cccc(O)c1. The van der Waals surface area contributed by atoms with Gasteiger partial charge in [-0.2, -0.15) is 0 Å². The van der Waals surface area contributed by atoms with Crippen LogP contribution in [0.15, 0.2) is 24.3 Å². The molecule has 0 aromatic heterocycles. The molecule has 0 bridgehead atoms. The smallest absolute Gasteiger partial charge is 0.154 e. The van der Waals surface area contributed by atoms with Crippen molar-refractivity contribution in [2.75, 3.05) is 0 Å². The monoisotopic (exact) mass is 146 g/mol. The molecule has 54 valence electrons. The van der Waals surface area contributed by atoms with Crippen molar-refractivity contribution in [3.63, 3.8) is 0 Å². The van der Waals surface area contributed by atoms with Crippen LogP contribution in [0.4, 0.5) is 0 Å². The maximum absolute atomic E-state index is 10.9. The van der Waals surface area contributed by atoms with Gasteiger partial charge in [0.25, 0.3) is 0 Å². The summed E-state index contributed by atoms with van der Waals surface area (Å²) in [6.45, 7) is 0. The molecule has 1 N–H and O–H groups in total. The summed E-state index contributed by atoms with van der Waals surface area (Å²) in [5.41, 5.74) is 0.451. The van der Waals surface area contributed by atoms with E-state index in [1.807, 2.05) is 0 Å². The third kappa shape index (κ3) is 1.83. The van der Waals surface area contributed by atoms with Crippen molar-refractivity contribution in [2.45, 2.75) is 6.32 Å². The normalized spacial score (nSPS) is 9.45. The average molecular weight is 146 g/mol. The van der Waals surface area contributed by atoms with Crippen molar-refractivity contribution in [2.24, 2.45) is 0 Å². The molecule has 0 unspecified atom stereocenters. The second kappa shape index (κ2) is 3.24. The molecule has 2 radical (unpaired) electrons. The summed E-state index contributed by atoms with van der Waals surface area (Å²) in [5.74, 6) is -0.0785. The lowest BCUT2D eigenvalue weighted by atomic mass is 9.96. The summed E-state index contributed by atoms with van der Waals surface area (Å²) in [6, 6.07) is 6.13. The van der Waals surface area contributed by atoms with E-state index in [-0.39, 0.29) is 17.9 Å². The van der Waals surface area contributed by atoms with Crippen molar-refractivity contribution >= 4 is 13.6 Å². The number of Topliss-reactive ketones (excluding diaryl/α,β-unsaturated/α-hetero) is 1. The zero-order valence-electron chi connectivity index (χ0n) is 5.95. The van der Waals surface area contributed by atoms with Gasteiger partial charge in [-0.3, -0.25) is 4.79 Å². The predicted molar refractivity (Wildman–Crippen MR) is 43.0 cm³/mol. The maximum Gasteiger partial charge on any atom is 0.154 e. The highest BCUT2D eigenvalue weighted by molar-refractivity contribution is 6.24. The Morgan fingerprint density at radius 2 is 2.27 bits per heavy atom. The second-order valence-electron chi connectivity index (χ2n) is 2.18. The van der Waals surface area contributed by atoms with Crippen molar-refractivity contribution in [3.05, 3.63) is 29.8 Å². The van der Waals surface area contributed by atoms with E-state index in [4.69, 9.17) is 13.0 Å². The minimum absolute atomic E-state index is 0.0244. The fourth-order valence-electron chi connectivity index (χ4n) is 0.797. The van der Waals surface area contributed by atoms with Crippen molar-refractivity contribution in [1.82, 2.24) is 0 Å². The summed E-state index contributed by atoms with van der Waals surface area (Å²) in [5, 5.41) is 8.96. The molecule has 0 saturated heterocycles. The number of aromatic hydroxyl groups is 1. The molecule has 0 aliphatic heterocycles. The van der Waals surface area contributed by atoms with Gasteiger partial charge in [0.15, 0.2) is 5.78 Å². The zero-order chi connectivity index (χ0) is 8.27. The van der Waals surface area contributed by atoms with Gasteiger partial charge < -0.3 is 5.11 Å². The van der Waals surface area contributed by atoms with Crippen molar-refractivity contribution in [1.29, 1.82) is 0 Å². The summed E-state index contributed by atoms with van der Waals surface area (Å²) < 4.78 is 0. The van der Waals surface area contributed by atoms with E-state index in [1.54, 1.807) is 12.1 Å². The molecule has 3 heteroatoms. The fourth-order valence-corrected chi connectivity index (χ4v) is 0.797. The Morgan fingerprint density at radius 3 is 2.82 bits per heavy atom. The summed E-state index contributed by atoms with van der Waals surface area (Å²) in [7, 11) is 5.12. The van der Waals surface area contributed by atoms with Gasteiger partial charge in [-0.1, -0.05) is 12.1 Å². The molecule has 0 aliphatic carbocycles. The summed E-state index contributed by atoms with van der Waals surface area (Å²) in [6.07, 6.45) is -0.0244. The van der Waals surface area contributed by atoms with Crippen LogP contribution >= 0.6 is 0 Å².